The van der Waals surface area contributed by atoms with Gasteiger partial charge in [0.1, 0.15) is 0 Å². The highest BCUT2D eigenvalue weighted by Crippen LogP contribution is 2.20. The second-order valence-electron chi connectivity index (χ2n) is 5.57. The van der Waals surface area contributed by atoms with Gasteiger partial charge in [-0.3, -0.25) is 4.79 Å². The first-order chi connectivity index (χ1) is 11.1. The summed E-state index contributed by atoms with van der Waals surface area (Å²) < 4.78 is 31.8. The molecule has 1 atom stereocenters. The summed E-state index contributed by atoms with van der Waals surface area (Å²) in [6.07, 6.45) is 0.811. The molecule has 1 aromatic carbocycles. The molecule has 3 rings (SSSR count). The summed E-state index contributed by atoms with van der Waals surface area (Å²) in [5.74, 6) is 1.45. The molecular weight excluding hydrogens is 336 g/mol. The van der Waals surface area contributed by atoms with E-state index in [1.165, 1.54) is 16.4 Å². The second-order valence-corrected chi connectivity index (χ2v) is 8.74. The highest BCUT2D eigenvalue weighted by Gasteiger charge is 2.26. The number of hydrogen-bond donors (Lipinski definition) is 1. The quantitative estimate of drug-likeness (QED) is 0.869. The van der Waals surface area contributed by atoms with Gasteiger partial charge >= 0.3 is 0 Å². The average molecular weight is 356 g/mol. The topological polar surface area (TPSA) is 75.7 Å². The predicted octanol–water partition coefficient (Wildman–Crippen LogP) is 0.943. The number of rotatable bonds is 4. The van der Waals surface area contributed by atoms with E-state index in [2.05, 4.69) is 5.32 Å². The molecule has 0 saturated carbocycles. The van der Waals surface area contributed by atoms with Crippen LogP contribution in [-0.2, 0) is 14.8 Å². The third-order valence-corrected chi connectivity index (χ3v) is 6.84. The molecule has 0 bridgehead atoms. The van der Waals surface area contributed by atoms with Crippen LogP contribution in [0.1, 0.15) is 16.8 Å². The molecule has 0 radical (unpaired) electrons. The van der Waals surface area contributed by atoms with Crippen molar-refractivity contribution in [1.29, 1.82) is 0 Å². The number of carbonyl (C=O) groups excluding carboxylic acids is 1. The van der Waals surface area contributed by atoms with Crippen molar-refractivity contribution in [3.63, 3.8) is 0 Å². The zero-order valence-electron chi connectivity index (χ0n) is 12.7. The number of nitrogens with zero attached hydrogens (tertiary/aromatic N) is 1. The standard InChI is InChI=1S/C15H20N2O4S2/c18-15(16-13-5-8-21-11-13)12-1-3-14(4-2-12)23(19,20)17-6-9-22-10-7-17/h1-4,13H,5-11H2,(H,16,18)/t13-/m0/s1. The summed E-state index contributed by atoms with van der Waals surface area (Å²) in [5.41, 5.74) is 0.463. The molecule has 6 nitrogen and oxygen atoms in total. The van der Waals surface area contributed by atoms with Crippen LogP contribution in [0.4, 0.5) is 0 Å². The third-order valence-electron chi connectivity index (χ3n) is 3.99. The normalized spacial score (nSPS) is 22.9. The van der Waals surface area contributed by atoms with Gasteiger partial charge in [-0.05, 0) is 30.7 Å². The van der Waals surface area contributed by atoms with E-state index in [1.54, 1.807) is 23.9 Å². The first-order valence-electron chi connectivity index (χ1n) is 7.64. The Morgan fingerprint density at radius 3 is 2.52 bits per heavy atom. The van der Waals surface area contributed by atoms with E-state index in [9.17, 15) is 13.2 Å². The molecule has 2 fully saturated rings. The minimum Gasteiger partial charge on any atom is -0.379 e. The highest BCUT2D eigenvalue weighted by molar-refractivity contribution is 7.99. The molecule has 23 heavy (non-hydrogen) atoms. The second kappa shape index (κ2) is 7.21. The maximum absolute atomic E-state index is 12.5. The zero-order valence-corrected chi connectivity index (χ0v) is 14.4. The Labute approximate surface area is 140 Å². The van der Waals surface area contributed by atoms with Gasteiger partial charge in [-0.25, -0.2) is 8.42 Å². The van der Waals surface area contributed by atoms with Crippen molar-refractivity contribution in [2.24, 2.45) is 0 Å². The molecule has 0 aromatic heterocycles. The molecule has 1 aromatic rings. The molecule has 1 amide bonds. The number of benzene rings is 1. The number of ether oxygens (including phenoxy) is 1. The molecule has 2 aliphatic rings. The Bertz CT molecular complexity index is 649. The number of sulfonamides is 1. The summed E-state index contributed by atoms with van der Waals surface area (Å²) in [6, 6.07) is 6.19. The van der Waals surface area contributed by atoms with Crippen molar-refractivity contribution < 1.29 is 17.9 Å². The van der Waals surface area contributed by atoms with E-state index in [0.29, 0.717) is 31.9 Å². The zero-order chi connectivity index (χ0) is 16.3. The molecule has 0 unspecified atom stereocenters. The van der Waals surface area contributed by atoms with E-state index >= 15 is 0 Å². The van der Waals surface area contributed by atoms with E-state index in [0.717, 1.165) is 17.9 Å². The Kier molecular flexibility index (Phi) is 5.25. The summed E-state index contributed by atoms with van der Waals surface area (Å²) in [4.78, 5) is 12.4. The van der Waals surface area contributed by atoms with Gasteiger partial charge in [0, 0.05) is 36.8 Å². The smallest absolute Gasteiger partial charge is 0.251 e. The largest absolute Gasteiger partial charge is 0.379 e. The van der Waals surface area contributed by atoms with Crippen molar-refractivity contribution >= 4 is 27.7 Å². The third kappa shape index (κ3) is 3.88. The van der Waals surface area contributed by atoms with Crippen LogP contribution < -0.4 is 5.32 Å². The maximum Gasteiger partial charge on any atom is 0.251 e. The van der Waals surface area contributed by atoms with Crippen LogP contribution in [0.5, 0.6) is 0 Å². The van der Waals surface area contributed by atoms with Gasteiger partial charge in [0.2, 0.25) is 10.0 Å². The number of amides is 1. The molecule has 126 valence electrons. The molecule has 2 heterocycles. The lowest BCUT2D eigenvalue weighted by Crippen LogP contribution is -2.38. The van der Waals surface area contributed by atoms with E-state index in [-0.39, 0.29) is 16.8 Å². The van der Waals surface area contributed by atoms with E-state index < -0.39 is 10.0 Å². The van der Waals surface area contributed by atoms with Crippen molar-refractivity contribution in [2.75, 3.05) is 37.8 Å². The van der Waals surface area contributed by atoms with Crippen molar-refractivity contribution in [2.45, 2.75) is 17.4 Å². The highest BCUT2D eigenvalue weighted by atomic mass is 32.2. The lowest BCUT2D eigenvalue weighted by atomic mass is 10.2. The van der Waals surface area contributed by atoms with Gasteiger partial charge in [0.05, 0.1) is 17.5 Å². The van der Waals surface area contributed by atoms with Crippen molar-refractivity contribution in [3.8, 4) is 0 Å². The fourth-order valence-electron chi connectivity index (χ4n) is 2.63. The lowest BCUT2D eigenvalue weighted by Gasteiger charge is -2.25. The van der Waals surface area contributed by atoms with Gasteiger partial charge in [-0.1, -0.05) is 0 Å². The summed E-state index contributed by atoms with van der Waals surface area (Å²) in [7, 11) is -3.46. The van der Waals surface area contributed by atoms with Crippen LogP contribution in [0.3, 0.4) is 0 Å². The first-order valence-corrected chi connectivity index (χ1v) is 10.2. The molecule has 2 saturated heterocycles. The molecule has 8 heteroatoms. The number of hydrogen-bond acceptors (Lipinski definition) is 5. The summed E-state index contributed by atoms with van der Waals surface area (Å²) >= 11 is 1.76. The Balaban J connectivity index is 1.69. The Morgan fingerprint density at radius 2 is 1.91 bits per heavy atom. The van der Waals surface area contributed by atoms with Crippen LogP contribution in [0.25, 0.3) is 0 Å². The minimum atomic E-state index is -3.46. The molecule has 2 aliphatic heterocycles. The Hall–Kier alpha value is -1.09. The summed E-state index contributed by atoms with van der Waals surface area (Å²) in [6.45, 7) is 2.27. The Morgan fingerprint density at radius 1 is 1.22 bits per heavy atom. The van der Waals surface area contributed by atoms with Gasteiger partial charge < -0.3 is 10.1 Å². The molecule has 0 spiro atoms. The number of nitrogens with one attached hydrogen (secondary N) is 1. The SMILES string of the molecule is O=C(N[C@H]1CCOC1)c1ccc(S(=O)(=O)N2CCSCC2)cc1. The lowest BCUT2D eigenvalue weighted by molar-refractivity contribution is 0.0930. The molecular formula is C15H20N2O4S2. The fourth-order valence-corrected chi connectivity index (χ4v) is 5.21. The van der Waals surface area contributed by atoms with Crippen LogP contribution in [-0.4, -0.2) is 62.5 Å². The van der Waals surface area contributed by atoms with Gasteiger partial charge in [-0.15, -0.1) is 0 Å². The van der Waals surface area contributed by atoms with Crippen LogP contribution in [0.15, 0.2) is 29.2 Å². The monoisotopic (exact) mass is 356 g/mol. The van der Waals surface area contributed by atoms with Gasteiger partial charge in [0.15, 0.2) is 0 Å². The minimum absolute atomic E-state index is 0.0387. The van der Waals surface area contributed by atoms with Gasteiger partial charge in [0.25, 0.3) is 5.91 Å². The van der Waals surface area contributed by atoms with Crippen molar-refractivity contribution in [1.82, 2.24) is 9.62 Å². The van der Waals surface area contributed by atoms with Crippen LogP contribution >= 0.6 is 11.8 Å². The van der Waals surface area contributed by atoms with Crippen LogP contribution in [0.2, 0.25) is 0 Å². The summed E-state index contributed by atoms with van der Waals surface area (Å²) in [5, 5.41) is 2.89. The van der Waals surface area contributed by atoms with Crippen LogP contribution in [0, 0.1) is 0 Å². The van der Waals surface area contributed by atoms with Crippen molar-refractivity contribution in [3.05, 3.63) is 29.8 Å². The average Bonchev–Trinajstić information content (AvgIpc) is 3.09. The maximum atomic E-state index is 12.5. The first kappa shape index (κ1) is 16.8. The number of carbonyl (C=O) groups is 1. The van der Waals surface area contributed by atoms with Gasteiger partial charge in [-0.2, -0.15) is 16.1 Å². The molecule has 0 aliphatic carbocycles. The molecule has 1 N–H and O–H groups in total. The van der Waals surface area contributed by atoms with E-state index in [4.69, 9.17) is 4.74 Å². The fraction of sp³-hybridized carbons (Fsp3) is 0.533. The predicted molar refractivity (Wildman–Crippen MR) is 89.2 cm³/mol. The van der Waals surface area contributed by atoms with E-state index in [1.807, 2.05) is 0 Å². The number of thioether (sulfide) groups is 1.